The van der Waals surface area contributed by atoms with Crippen molar-refractivity contribution in [1.29, 1.82) is 0 Å². The molecular weight excluding hydrogens is 208 g/mol. The molecule has 0 aliphatic carbocycles. The minimum Gasteiger partial charge on any atom is -0.315 e. The van der Waals surface area contributed by atoms with E-state index in [0.29, 0.717) is 6.04 Å². The minimum atomic E-state index is 0.708. The average Bonchev–Trinajstić information content (AvgIpc) is 2.28. The van der Waals surface area contributed by atoms with Crippen molar-refractivity contribution in [2.24, 2.45) is 11.8 Å². The number of nitrogens with one attached hydrogen (secondary N) is 1. The lowest BCUT2D eigenvalue weighted by atomic mass is 9.90. The van der Waals surface area contributed by atoms with Crippen molar-refractivity contribution in [3.8, 4) is 0 Å². The maximum absolute atomic E-state index is 3.61. The number of piperidine rings is 1. The van der Waals surface area contributed by atoms with Gasteiger partial charge in [-0.25, -0.2) is 0 Å². The molecule has 2 heteroatoms. The molecule has 2 nitrogen and oxygen atoms in total. The lowest BCUT2D eigenvalue weighted by molar-refractivity contribution is 0.0543. The van der Waals surface area contributed by atoms with Gasteiger partial charge in [-0.1, -0.05) is 27.7 Å². The largest absolute Gasteiger partial charge is 0.315 e. The fourth-order valence-electron chi connectivity index (χ4n) is 2.95. The molecule has 0 aromatic rings. The van der Waals surface area contributed by atoms with Crippen LogP contribution in [0.1, 0.15) is 53.9 Å². The summed E-state index contributed by atoms with van der Waals surface area (Å²) in [6.45, 7) is 15.4. The van der Waals surface area contributed by atoms with Gasteiger partial charge in [0.15, 0.2) is 0 Å². The Bertz CT molecular complexity index is 203. The van der Waals surface area contributed by atoms with Crippen LogP contribution in [0.15, 0.2) is 0 Å². The Balaban J connectivity index is 2.54. The number of hydrogen-bond donors (Lipinski definition) is 1. The standard InChI is InChI=1S/C15H32N2/c1-6-9-16-10-15(12(2)3)17-11-13(4)7-8-14(17)5/h12-16H,6-11H2,1-5H3. The van der Waals surface area contributed by atoms with E-state index in [2.05, 4.69) is 44.8 Å². The van der Waals surface area contributed by atoms with Crippen LogP contribution in [-0.4, -0.2) is 36.6 Å². The SMILES string of the molecule is CCCNCC(C(C)C)N1CC(C)CCC1C. The normalized spacial score (nSPS) is 28.6. The van der Waals surface area contributed by atoms with E-state index >= 15 is 0 Å². The third-order valence-electron chi connectivity index (χ3n) is 4.14. The van der Waals surface area contributed by atoms with Crippen LogP contribution < -0.4 is 5.32 Å². The summed E-state index contributed by atoms with van der Waals surface area (Å²) in [5, 5.41) is 3.61. The highest BCUT2D eigenvalue weighted by molar-refractivity contribution is 4.85. The fourth-order valence-corrected chi connectivity index (χ4v) is 2.95. The molecule has 1 aliphatic rings. The first-order valence-electron chi connectivity index (χ1n) is 7.52. The zero-order valence-electron chi connectivity index (χ0n) is 12.5. The molecule has 0 bridgehead atoms. The van der Waals surface area contributed by atoms with Gasteiger partial charge in [-0.3, -0.25) is 4.90 Å². The van der Waals surface area contributed by atoms with Crippen LogP contribution in [0.4, 0.5) is 0 Å². The third-order valence-corrected chi connectivity index (χ3v) is 4.14. The van der Waals surface area contributed by atoms with Crippen molar-refractivity contribution in [3.63, 3.8) is 0 Å². The maximum atomic E-state index is 3.61. The smallest absolute Gasteiger partial charge is 0.0246 e. The molecule has 0 radical (unpaired) electrons. The van der Waals surface area contributed by atoms with E-state index in [0.717, 1.165) is 31.0 Å². The summed E-state index contributed by atoms with van der Waals surface area (Å²) in [7, 11) is 0. The summed E-state index contributed by atoms with van der Waals surface area (Å²) in [4.78, 5) is 2.75. The molecule has 1 aliphatic heterocycles. The highest BCUT2D eigenvalue weighted by Gasteiger charge is 2.30. The molecule has 0 saturated carbocycles. The van der Waals surface area contributed by atoms with E-state index in [4.69, 9.17) is 0 Å². The van der Waals surface area contributed by atoms with Gasteiger partial charge in [0.2, 0.25) is 0 Å². The molecule has 17 heavy (non-hydrogen) atoms. The van der Waals surface area contributed by atoms with Crippen LogP contribution in [0, 0.1) is 11.8 Å². The summed E-state index contributed by atoms with van der Waals surface area (Å²) in [5.74, 6) is 1.62. The molecule has 0 spiro atoms. The molecule has 102 valence electrons. The Morgan fingerprint density at radius 3 is 2.53 bits per heavy atom. The highest BCUT2D eigenvalue weighted by atomic mass is 15.2. The van der Waals surface area contributed by atoms with Crippen LogP contribution in [0.5, 0.6) is 0 Å². The Kier molecular flexibility index (Phi) is 6.50. The van der Waals surface area contributed by atoms with Gasteiger partial charge in [-0.15, -0.1) is 0 Å². The number of rotatable bonds is 6. The van der Waals surface area contributed by atoms with E-state index < -0.39 is 0 Å². The summed E-state index contributed by atoms with van der Waals surface area (Å²) in [6, 6.07) is 1.47. The second-order valence-electron chi connectivity index (χ2n) is 6.24. The number of likely N-dealkylation sites (tertiary alicyclic amines) is 1. The average molecular weight is 240 g/mol. The van der Waals surface area contributed by atoms with Gasteiger partial charge in [-0.2, -0.15) is 0 Å². The van der Waals surface area contributed by atoms with Crippen molar-refractivity contribution in [1.82, 2.24) is 10.2 Å². The van der Waals surface area contributed by atoms with Crippen LogP contribution in [0.25, 0.3) is 0 Å². The zero-order chi connectivity index (χ0) is 12.8. The van der Waals surface area contributed by atoms with Gasteiger partial charge >= 0.3 is 0 Å². The molecule has 1 rings (SSSR count). The first-order chi connectivity index (χ1) is 8.06. The Labute approximate surface area is 108 Å². The molecule has 1 saturated heterocycles. The topological polar surface area (TPSA) is 15.3 Å². The monoisotopic (exact) mass is 240 g/mol. The van der Waals surface area contributed by atoms with E-state index in [1.165, 1.54) is 25.8 Å². The van der Waals surface area contributed by atoms with Crippen molar-refractivity contribution in [2.45, 2.75) is 66.0 Å². The third kappa shape index (κ3) is 4.59. The van der Waals surface area contributed by atoms with Crippen molar-refractivity contribution >= 4 is 0 Å². The second kappa shape index (κ2) is 7.38. The summed E-state index contributed by atoms with van der Waals surface area (Å²) < 4.78 is 0. The molecule has 0 aromatic carbocycles. The van der Waals surface area contributed by atoms with Gasteiger partial charge in [-0.05, 0) is 44.6 Å². The first kappa shape index (κ1) is 15.0. The Morgan fingerprint density at radius 1 is 1.24 bits per heavy atom. The Morgan fingerprint density at radius 2 is 1.94 bits per heavy atom. The predicted octanol–water partition coefficient (Wildman–Crippen LogP) is 3.13. The van der Waals surface area contributed by atoms with E-state index in [-0.39, 0.29) is 0 Å². The summed E-state index contributed by atoms with van der Waals surface area (Å²) >= 11 is 0. The molecule has 3 atom stereocenters. The first-order valence-corrected chi connectivity index (χ1v) is 7.52. The summed E-state index contributed by atoms with van der Waals surface area (Å²) in [5.41, 5.74) is 0. The Hall–Kier alpha value is -0.0800. The van der Waals surface area contributed by atoms with Crippen molar-refractivity contribution < 1.29 is 0 Å². The maximum Gasteiger partial charge on any atom is 0.0246 e. The van der Waals surface area contributed by atoms with E-state index in [1.807, 2.05) is 0 Å². The highest BCUT2D eigenvalue weighted by Crippen LogP contribution is 2.25. The van der Waals surface area contributed by atoms with Crippen LogP contribution >= 0.6 is 0 Å². The number of hydrogen-bond acceptors (Lipinski definition) is 2. The molecule has 1 N–H and O–H groups in total. The van der Waals surface area contributed by atoms with E-state index in [1.54, 1.807) is 0 Å². The minimum absolute atomic E-state index is 0.708. The molecular formula is C15H32N2. The molecule has 3 unspecified atom stereocenters. The second-order valence-corrected chi connectivity index (χ2v) is 6.24. The zero-order valence-corrected chi connectivity index (χ0v) is 12.5. The van der Waals surface area contributed by atoms with Crippen LogP contribution in [0.2, 0.25) is 0 Å². The van der Waals surface area contributed by atoms with Gasteiger partial charge < -0.3 is 5.32 Å². The van der Waals surface area contributed by atoms with Gasteiger partial charge in [0, 0.05) is 25.2 Å². The fraction of sp³-hybridized carbons (Fsp3) is 1.00. The van der Waals surface area contributed by atoms with Crippen LogP contribution in [0.3, 0.4) is 0 Å². The molecule has 1 fully saturated rings. The lowest BCUT2D eigenvalue weighted by Crippen LogP contribution is -2.53. The van der Waals surface area contributed by atoms with Crippen LogP contribution in [-0.2, 0) is 0 Å². The summed E-state index contributed by atoms with van der Waals surface area (Å²) in [6.07, 6.45) is 4.01. The predicted molar refractivity (Wildman–Crippen MR) is 76.4 cm³/mol. The lowest BCUT2D eigenvalue weighted by Gasteiger charge is -2.44. The molecule has 1 heterocycles. The quantitative estimate of drug-likeness (QED) is 0.718. The van der Waals surface area contributed by atoms with Gasteiger partial charge in [0.1, 0.15) is 0 Å². The van der Waals surface area contributed by atoms with Crippen molar-refractivity contribution in [3.05, 3.63) is 0 Å². The van der Waals surface area contributed by atoms with Gasteiger partial charge in [0.05, 0.1) is 0 Å². The van der Waals surface area contributed by atoms with Crippen molar-refractivity contribution in [2.75, 3.05) is 19.6 Å². The van der Waals surface area contributed by atoms with E-state index in [9.17, 15) is 0 Å². The molecule has 0 aromatic heterocycles. The number of nitrogens with zero attached hydrogens (tertiary/aromatic N) is 1. The molecule has 0 amide bonds. The van der Waals surface area contributed by atoms with Gasteiger partial charge in [0.25, 0.3) is 0 Å².